The summed E-state index contributed by atoms with van der Waals surface area (Å²) in [7, 11) is 1.44. The molecule has 2 unspecified atom stereocenters. The Kier molecular flexibility index (Phi) is 4.33. The van der Waals surface area contributed by atoms with Gasteiger partial charge in [0.25, 0.3) is 11.8 Å². The highest BCUT2D eigenvalue weighted by Gasteiger charge is 2.50. The van der Waals surface area contributed by atoms with Crippen molar-refractivity contribution in [2.75, 3.05) is 13.7 Å². The van der Waals surface area contributed by atoms with Gasteiger partial charge in [-0.25, -0.2) is 9.37 Å². The molecule has 2 heterocycles. The molecule has 0 spiro atoms. The molecular weight excluding hydrogens is 353 g/mol. The van der Waals surface area contributed by atoms with Crippen LogP contribution in [0.4, 0.5) is 4.39 Å². The van der Waals surface area contributed by atoms with Gasteiger partial charge in [-0.3, -0.25) is 9.59 Å². The van der Waals surface area contributed by atoms with E-state index in [1.807, 2.05) is 0 Å². The number of alkyl halides is 1. The number of rotatable bonds is 6. The highest BCUT2D eigenvalue weighted by Crippen LogP contribution is 2.43. The monoisotopic (exact) mass is 373 g/mol. The molecule has 1 aromatic carbocycles. The molecule has 4 rings (SSSR count). The van der Waals surface area contributed by atoms with E-state index in [1.165, 1.54) is 7.11 Å². The van der Waals surface area contributed by atoms with E-state index in [0.717, 1.165) is 12.8 Å². The van der Waals surface area contributed by atoms with Gasteiger partial charge in [-0.1, -0.05) is 0 Å². The summed E-state index contributed by atoms with van der Waals surface area (Å²) in [5.74, 6) is -0.647. The second-order valence-corrected chi connectivity index (χ2v) is 7.00. The maximum atomic E-state index is 14.2. The Bertz CT molecular complexity index is 915. The molecule has 0 bridgehead atoms. The summed E-state index contributed by atoms with van der Waals surface area (Å²) in [6.07, 6.45) is 1.95. The van der Waals surface area contributed by atoms with Crippen LogP contribution in [0.2, 0.25) is 0 Å². The second-order valence-electron chi connectivity index (χ2n) is 7.00. The molecule has 2 fully saturated rings. The summed E-state index contributed by atoms with van der Waals surface area (Å²) in [5, 5.41) is 4.04. The molecule has 27 heavy (non-hydrogen) atoms. The van der Waals surface area contributed by atoms with E-state index in [2.05, 4.69) is 10.3 Å². The Labute approximate surface area is 155 Å². The first-order chi connectivity index (χ1) is 13.0. The van der Waals surface area contributed by atoms with Crippen LogP contribution in [-0.2, 0) is 4.79 Å². The van der Waals surface area contributed by atoms with Crippen LogP contribution in [0.1, 0.15) is 23.2 Å². The van der Waals surface area contributed by atoms with E-state index < -0.39 is 18.0 Å². The molecule has 1 aliphatic heterocycles. The maximum Gasteiger partial charge on any atom is 0.255 e. The molecule has 0 radical (unpaired) electrons. The van der Waals surface area contributed by atoms with Crippen molar-refractivity contribution < 1.29 is 23.5 Å². The number of carbonyl (C=O) groups is 2. The zero-order valence-corrected chi connectivity index (χ0v) is 14.8. The molecule has 2 amide bonds. The Hall–Kier alpha value is -2.90. The first-order valence-corrected chi connectivity index (χ1v) is 8.83. The number of halogens is 1. The van der Waals surface area contributed by atoms with Gasteiger partial charge in [-0.15, -0.1) is 0 Å². The van der Waals surface area contributed by atoms with Crippen LogP contribution in [-0.4, -0.2) is 42.7 Å². The lowest BCUT2D eigenvalue weighted by Crippen LogP contribution is -2.35. The number of primary amides is 1. The number of fused-ring (bicyclic) bond motifs is 1. The molecule has 2 aromatic rings. The number of carbonyl (C=O) groups excluding carboxylic acids is 2. The van der Waals surface area contributed by atoms with Gasteiger partial charge < -0.3 is 20.5 Å². The van der Waals surface area contributed by atoms with Crippen molar-refractivity contribution in [1.29, 1.82) is 0 Å². The number of nitrogens with two attached hydrogens (primary N) is 1. The largest absolute Gasteiger partial charge is 0.496 e. The number of methoxy groups -OCH3 is 1. The lowest BCUT2D eigenvalue weighted by Gasteiger charge is -2.20. The predicted molar refractivity (Wildman–Crippen MR) is 95.3 cm³/mol. The van der Waals surface area contributed by atoms with Crippen molar-refractivity contribution in [2.24, 2.45) is 17.6 Å². The van der Waals surface area contributed by atoms with Gasteiger partial charge in [-0.2, -0.15) is 0 Å². The number of amides is 2. The quantitative estimate of drug-likeness (QED) is 0.800. The molecule has 1 aliphatic carbocycles. The lowest BCUT2D eigenvalue weighted by atomic mass is 9.94. The summed E-state index contributed by atoms with van der Waals surface area (Å²) >= 11 is 0. The third-order valence-electron chi connectivity index (χ3n) is 5.26. The number of hydrogen-bond acceptors (Lipinski definition) is 5. The number of hydrogen-bond donors (Lipinski definition) is 2. The summed E-state index contributed by atoms with van der Waals surface area (Å²) in [4.78, 5) is 27.6. The van der Waals surface area contributed by atoms with E-state index in [1.54, 1.807) is 24.4 Å². The topological polar surface area (TPSA) is 104 Å². The predicted octanol–water partition coefficient (Wildman–Crippen LogP) is 1.58. The van der Waals surface area contributed by atoms with Crippen molar-refractivity contribution in [3.05, 3.63) is 30.0 Å². The van der Waals surface area contributed by atoms with Crippen LogP contribution >= 0.6 is 0 Å². The zero-order chi connectivity index (χ0) is 19.1. The lowest BCUT2D eigenvalue weighted by molar-refractivity contribution is -0.124. The van der Waals surface area contributed by atoms with Crippen LogP contribution in [0.3, 0.4) is 0 Å². The number of benzene rings is 1. The summed E-state index contributed by atoms with van der Waals surface area (Å²) in [6, 6.07) is 4.61. The molecule has 7 nitrogen and oxygen atoms in total. The standard InChI is InChI=1S/C19H20FN3O4/c1-26-14-7-11-10(6-12(14)17(21)24)4-5-22-19(11)27-8-13-15(9-2-3-9)16(20)18(25)23-13/h4-7,9,13,15-16H,2-3,8H2,1H3,(H2,21,24)(H,23,25)/t13?,15?,16-/m1/s1. The molecule has 2 aliphatic rings. The first kappa shape index (κ1) is 17.5. The van der Waals surface area contributed by atoms with Gasteiger partial charge in [0.1, 0.15) is 12.4 Å². The summed E-state index contributed by atoms with van der Waals surface area (Å²) in [5.41, 5.74) is 5.66. The highest BCUT2D eigenvalue weighted by atomic mass is 19.1. The highest BCUT2D eigenvalue weighted by molar-refractivity contribution is 6.01. The van der Waals surface area contributed by atoms with Crippen LogP contribution < -0.4 is 20.5 Å². The molecule has 3 atom stereocenters. The minimum Gasteiger partial charge on any atom is -0.496 e. The minimum absolute atomic E-state index is 0.124. The molecule has 1 saturated carbocycles. The molecule has 3 N–H and O–H groups in total. The molecule has 1 aromatic heterocycles. The Morgan fingerprint density at radius 1 is 1.41 bits per heavy atom. The normalized spacial score (nSPS) is 24.7. The van der Waals surface area contributed by atoms with E-state index in [4.69, 9.17) is 15.2 Å². The van der Waals surface area contributed by atoms with Crippen LogP contribution in [0.25, 0.3) is 10.8 Å². The van der Waals surface area contributed by atoms with Gasteiger partial charge in [-0.05, 0) is 42.3 Å². The van der Waals surface area contributed by atoms with Crippen molar-refractivity contribution in [1.82, 2.24) is 10.3 Å². The summed E-state index contributed by atoms with van der Waals surface area (Å²) < 4.78 is 25.3. The number of ether oxygens (including phenoxy) is 2. The van der Waals surface area contributed by atoms with E-state index in [9.17, 15) is 14.0 Å². The SMILES string of the molecule is COc1cc2c(OCC3NC(=O)[C@H](F)C3C3CC3)nccc2cc1C(N)=O. The van der Waals surface area contributed by atoms with Crippen molar-refractivity contribution in [2.45, 2.75) is 25.1 Å². The Balaban J connectivity index is 1.60. The third kappa shape index (κ3) is 3.15. The number of aromatic nitrogens is 1. The number of nitrogens with one attached hydrogen (secondary N) is 1. The number of pyridine rings is 1. The van der Waals surface area contributed by atoms with Gasteiger partial charge in [0.15, 0.2) is 6.17 Å². The third-order valence-corrected chi connectivity index (χ3v) is 5.26. The van der Waals surface area contributed by atoms with Gasteiger partial charge in [0, 0.05) is 17.5 Å². The Morgan fingerprint density at radius 2 is 2.19 bits per heavy atom. The van der Waals surface area contributed by atoms with Crippen LogP contribution in [0, 0.1) is 11.8 Å². The fourth-order valence-electron chi connectivity index (χ4n) is 3.76. The van der Waals surface area contributed by atoms with E-state index in [0.29, 0.717) is 22.4 Å². The average Bonchev–Trinajstić information content (AvgIpc) is 3.45. The maximum absolute atomic E-state index is 14.2. The first-order valence-electron chi connectivity index (χ1n) is 8.83. The van der Waals surface area contributed by atoms with E-state index >= 15 is 0 Å². The van der Waals surface area contributed by atoms with Crippen LogP contribution in [0.15, 0.2) is 24.4 Å². The van der Waals surface area contributed by atoms with Crippen LogP contribution in [0.5, 0.6) is 11.6 Å². The van der Waals surface area contributed by atoms with Crippen molar-refractivity contribution in [3.63, 3.8) is 0 Å². The van der Waals surface area contributed by atoms with Gasteiger partial charge >= 0.3 is 0 Å². The smallest absolute Gasteiger partial charge is 0.255 e. The number of nitrogens with zero attached hydrogens (tertiary/aromatic N) is 1. The fraction of sp³-hybridized carbons (Fsp3) is 0.421. The van der Waals surface area contributed by atoms with Crippen molar-refractivity contribution >= 4 is 22.6 Å². The Morgan fingerprint density at radius 3 is 2.85 bits per heavy atom. The molecule has 142 valence electrons. The summed E-state index contributed by atoms with van der Waals surface area (Å²) in [6.45, 7) is 0.124. The molecule has 8 heteroatoms. The zero-order valence-electron chi connectivity index (χ0n) is 14.8. The minimum atomic E-state index is -1.48. The average molecular weight is 373 g/mol. The van der Waals surface area contributed by atoms with Crippen molar-refractivity contribution in [3.8, 4) is 11.6 Å². The fourth-order valence-corrected chi connectivity index (χ4v) is 3.76. The molecular formula is C19H20FN3O4. The second kappa shape index (κ2) is 6.68. The van der Waals surface area contributed by atoms with E-state index in [-0.39, 0.29) is 30.0 Å². The molecule has 1 saturated heterocycles. The van der Waals surface area contributed by atoms with Gasteiger partial charge in [0.05, 0.1) is 18.7 Å². The van der Waals surface area contributed by atoms with Gasteiger partial charge in [0.2, 0.25) is 5.88 Å².